The normalized spacial score (nSPS) is 20.0. The highest BCUT2D eigenvalue weighted by molar-refractivity contribution is 6.52. The first-order valence-corrected chi connectivity index (χ1v) is 6.83. The van der Waals surface area contributed by atoms with Crippen LogP contribution in [0, 0.1) is 0 Å². The summed E-state index contributed by atoms with van der Waals surface area (Å²) < 4.78 is 16.8. The monoisotopic (exact) mass is 289 g/mol. The number of aromatic nitrogens is 1. The smallest absolute Gasteiger partial charge is 0.487 e. The molecule has 0 aliphatic carbocycles. The van der Waals surface area contributed by atoms with Crippen molar-refractivity contribution in [1.82, 2.24) is 4.98 Å². The largest absolute Gasteiger partial charge is 0.494 e. The lowest BCUT2D eigenvalue weighted by molar-refractivity contribution is 0.00578. The van der Waals surface area contributed by atoms with E-state index in [-0.39, 0.29) is 16.9 Å². The van der Waals surface area contributed by atoms with Crippen LogP contribution in [0.4, 0.5) is 0 Å². The van der Waals surface area contributed by atoms with Crippen LogP contribution in [0.5, 0.6) is 5.75 Å². The lowest BCUT2D eigenvalue weighted by Gasteiger charge is -2.32. The zero-order chi connectivity index (χ0) is 15.7. The number of pyridine rings is 1. The second-order valence-corrected chi connectivity index (χ2v) is 5.93. The molecule has 2 heterocycles. The fourth-order valence-electron chi connectivity index (χ4n) is 1.97. The van der Waals surface area contributed by atoms with E-state index in [1.807, 2.05) is 27.7 Å². The van der Waals surface area contributed by atoms with Gasteiger partial charge in [-0.15, -0.1) is 0 Å². The molecule has 0 saturated carbocycles. The fraction of sp³-hybridized carbons (Fsp3) is 0.467. The summed E-state index contributed by atoms with van der Waals surface area (Å²) in [6.45, 7) is 7.99. The van der Waals surface area contributed by atoms with Gasteiger partial charge in [0.1, 0.15) is 11.4 Å². The first-order valence-electron chi connectivity index (χ1n) is 6.83. The van der Waals surface area contributed by atoms with E-state index in [4.69, 9.17) is 14.0 Å². The minimum Gasteiger partial charge on any atom is -0.494 e. The van der Waals surface area contributed by atoms with Crippen LogP contribution >= 0.6 is 0 Å². The van der Waals surface area contributed by atoms with E-state index in [9.17, 15) is 4.79 Å². The first-order chi connectivity index (χ1) is 9.79. The molecule has 1 fully saturated rings. The summed E-state index contributed by atoms with van der Waals surface area (Å²) in [5, 5.41) is 0. The van der Waals surface area contributed by atoms with E-state index < -0.39 is 7.12 Å². The molecule has 0 N–H and O–H groups in total. The summed E-state index contributed by atoms with van der Waals surface area (Å²) in [6.07, 6.45) is 2.44. The van der Waals surface area contributed by atoms with Gasteiger partial charge in [0.05, 0.1) is 24.0 Å². The van der Waals surface area contributed by atoms with Crippen molar-refractivity contribution in [2.45, 2.75) is 38.9 Å². The van der Waals surface area contributed by atoms with Gasteiger partial charge in [-0.3, -0.25) is 4.79 Å². The van der Waals surface area contributed by atoms with Gasteiger partial charge < -0.3 is 14.0 Å². The van der Waals surface area contributed by atoms with E-state index in [2.05, 4.69) is 4.98 Å². The van der Waals surface area contributed by atoms with E-state index >= 15 is 0 Å². The molecule has 5 nitrogen and oxygen atoms in total. The zero-order valence-electron chi connectivity index (χ0n) is 13.0. The van der Waals surface area contributed by atoms with Crippen molar-refractivity contribution in [1.29, 1.82) is 0 Å². The molecule has 0 aromatic carbocycles. The molecule has 6 heteroatoms. The summed E-state index contributed by atoms with van der Waals surface area (Å²) in [6, 6.07) is 3.48. The van der Waals surface area contributed by atoms with Crippen molar-refractivity contribution in [2.24, 2.45) is 0 Å². The van der Waals surface area contributed by atoms with Crippen molar-refractivity contribution in [3.8, 4) is 5.75 Å². The first kappa shape index (κ1) is 15.7. The molecule has 0 amide bonds. The molecule has 1 aliphatic heterocycles. The highest BCUT2D eigenvalue weighted by atomic mass is 16.7. The lowest BCUT2D eigenvalue weighted by atomic mass is 9.89. The molecule has 0 unspecified atom stereocenters. The van der Waals surface area contributed by atoms with Crippen molar-refractivity contribution >= 4 is 19.5 Å². The van der Waals surface area contributed by atoms with Crippen molar-refractivity contribution in [2.75, 3.05) is 7.11 Å². The van der Waals surface area contributed by atoms with E-state index in [1.54, 1.807) is 24.2 Å². The highest BCUT2D eigenvalue weighted by Crippen LogP contribution is 2.37. The molecule has 1 aromatic heterocycles. The summed E-state index contributed by atoms with van der Waals surface area (Å²) in [5.74, 6) is 2.25. The Morgan fingerprint density at radius 2 is 1.81 bits per heavy atom. The number of hydrogen-bond acceptors (Lipinski definition) is 5. The molecule has 21 heavy (non-hydrogen) atoms. The van der Waals surface area contributed by atoms with Crippen molar-refractivity contribution in [3.05, 3.63) is 29.5 Å². The number of nitrogens with zero attached hydrogens (tertiary/aromatic N) is 1. The van der Waals surface area contributed by atoms with Crippen LogP contribution in [0.25, 0.3) is 6.08 Å². The molecular weight excluding hydrogens is 269 g/mol. The lowest BCUT2D eigenvalue weighted by Crippen LogP contribution is -2.41. The predicted molar refractivity (Wildman–Crippen MR) is 81.3 cm³/mol. The SMILES string of the molecule is COc1ccc(/C=C/B2OC(C)(C)C(C)(C)O2)nc1C=O. The average molecular weight is 289 g/mol. The van der Waals surface area contributed by atoms with Crippen LogP contribution in [-0.4, -0.2) is 36.7 Å². The van der Waals surface area contributed by atoms with Gasteiger partial charge in [0.2, 0.25) is 0 Å². The molecule has 0 bridgehead atoms. The topological polar surface area (TPSA) is 57.6 Å². The van der Waals surface area contributed by atoms with Gasteiger partial charge in [0, 0.05) is 0 Å². The Balaban J connectivity index is 2.14. The Bertz CT molecular complexity index is 553. The molecule has 1 aromatic rings. The Labute approximate surface area is 125 Å². The molecule has 0 radical (unpaired) electrons. The Hall–Kier alpha value is -1.66. The third-order valence-electron chi connectivity index (χ3n) is 3.93. The van der Waals surface area contributed by atoms with Crippen LogP contribution in [0.3, 0.4) is 0 Å². The van der Waals surface area contributed by atoms with Gasteiger partial charge >= 0.3 is 7.12 Å². The van der Waals surface area contributed by atoms with Crippen molar-refractivity contribution < 1.29 is 18.8 Å². The maximum absolute atomic E-state index is 11.0. The molecule has 112 valence electrons. The molecule has 0 spiro atoms. The number of rotatable bonds is 4. The maximum atomic E-state index is 11.0. The maximum Gasteiger partial charge on any atom is 0.487 e. The summed E-state index contributed by atoms with van der Waals surface area (Å²) in [5.41, 5.74) is 0.174. The number of aldehydes is 1. The minimum absolute atomic E-state index is 0.272. The van der Waals surface area contributed by atoms with Gasteiger partial charge in [0.15, 0.2) is 6.29 Å². The van der Waals surface area contributed by atoms with Crippen LogP contribution in [0.1, 0.15) is 43.9 Å². The Morgan fingerprint density at radius 1 is 1.19 bits per heavy atom. The molecule has 1 aliphatic rings. The van der Waals surface area contributed by atoms with Crippen LogP contribution in [-0.2, 0) is 9.31 Å². The van der Waals surface area contributed by atoms with Gasteiger partial charge in [-0.2, -0.15) is 0 Å². The molecule has 0 atom stereocenters. The summed E-state index contributed by atoms with van der Waals surface area (Å²) >= 11 is 0. The molecule has 1 saturated heterocycles. The average Bonchev–Trinajstić information content (AvgIpc) is 2.64. The van der Waals surface area contributed by atoms with Crippen LogP contribution in [0.2, 0.25) is 0 Å². The number of methoxy groups -OCH3 is 1. The number of hydrogen-bond donors (Lipinski definition) is 0. The standard InChI is InChI=1S/C15H20BNO4/c1-14(2)15(3,4)21-16(20-14)9-8-11-6-7-13(19-5)12(10-18)17-11/h6-10H,1-5H3/b9-8+. The Morgan fingerprint density at radius 3 is 2.33 bits per heavy atom. The highest BCUT2D eigenvalue weighted by Gasteiger charge is 2.49. The zero-order valence-corrected chi connectivity index (χ0v) is 13.0. The van der Waals surface area contributed by atoms with Crippen LogP contribution < -0.4 is 4.74 Å². The summed E-state index contributed by atoms with van der Waals surface area (Å²) in [7, 11) is 1.07. The van der Waals surface area contributed by atoms with Gasteiger partial charge in [-0.1, -0.05) is 5.98 Å². The van der Waals surface area contributed by atoms with E-state index in [0.29, 0.717) is 17.7 Å². The number of carbonyl (C=O) groups excluding carboxylic acids is 1. The third-order valence-corrected chi connectivity index (χ3v) is 3.93. The minimum atomic E-state index is -0.432. The van der Waals surface area contributed by atoms with Crippen LogP contribution in [0.15, 0.2) is 18.1 Å². The number of carbonyl (C=O) groups is 1. The second-order valence-electron chi connectivity index (χ2n) is 5.93. The van der Waals surface area contributed by atoms with Gasteiger partial charge in [-0.25, -0.2) is 4.98 Å². The Kier molecular flexibility index (Phi) is 4.21. The van der Waals surface area contributed by atoms with E-state index in [0.717, 1.165) is 0 Å². The van der Waals surface area contributed by atoms with Crippen molar-refractivity contribution in [3.63, 3.8) is 0 Å². The second kappa shape index (κ2) is 5.62. The number of ether oxygens (including phenoxy) is 1. The van der Waals surface area contributed by atoms with E-state index in [1.165, 1.54) is 7.11 Å². The summed E-state index contributed by atoms with van der Waals surface area (Å²) in [4.78, 5) is 15.2. The quantitative estimate of drug-likeness (QED) is 0.629. The van der Waals surface area contributed by atoms with Gasteiger partial charge in [0.25, 0.3) is 0 Å². The molecular formula is C15H20BNO4. The predicted octanol–water partition coefficient (Wildman–Crippen LogP) is 2.55. The molecule has 2 rings (SSSR count). The third kappa shape index (κ3) is 3.17. The fourth-order valence-corrected chi connectivity index (χ4v) is 1.97. The van der Waals surface area contributed by atoms with Gasteiger partial charge in [-0.05, 0) is 45.9 Å².